The van der Waals surface area contributed by atoms with Gasteiger partial charge in [0.15, 0.2) is 0 Å². The van der Waals surface area contributed by atoms with Crippen molar-refractivity contribution >= 4 is 0 Å². The Bertz CT molecular complexity index is 370. The summed E-state index contributed by atoms with van der Waals surface area (Å²) in [5.74, 6) is 7.37. The minimum absolute atomic E-state index is 0.287. The van der Waals surface area contributed by atoms with Crippen LogP contribution in [0.5, 0.6) is 0 Å². The van der Waals surface area contributed by atoms with Crippen LogP contribution < -0.4 is 11.3 Å². The maximum atomic E-state index is 5.82. The molecule has 1 aliphatic rings. The summed E-state index contributed by atoms with van der Waals surface area (Å²) in [7, 11) is 0. The zero-order valence-electron chi connectivity index (χ0n) is 11.5. The maximum Gasteiger partial charge on any atom is 0.0491 e. The molecule has 0 aliphatic heterocycles. The van der Waals surface area contributed by atoms with E-state index in [9.17, 15) is 0 Å². The Hall–Kier alpha value is -0.930. The van der Waals surface area contributed by atoms with Crippen molar-refractivity contribution in [2.24, 2.45) is 17.7 Å². The molecule has 0 amide bonds. The van der Waals surface area contributed by atoms with E-state index in [1.807, 2.05) is 12.4 Å². The van der Waals surface area contributed by atoms with Gasteiger partial charge in [0.2, 0.25) is 0 Å². The van der Waals surface area contributed by atoms with Gasteiger partial charge in [0.1, 0.15) is 0 Å². The Kier molecular flexibility index (Phi) is 4.72. The molecule has 1 heterocycles. The molecular formula is C15H25N3. The van der Waals surface area contributed by atoms with Crippen LogP contribution in [0.1, 0.15) is 56.7 Å². The second-order valence-corrected chi connectivity index (χ2v) is 5.59. The number of hydrogen-bond donors (Lipinski definition) is 2. The molecule has 1 aromatic heterocycles. The number of rotatable bonds is 4. The van der Waals surface area contributed by atoms with Crippen molar-refractivity contribution in [2.45, 2.75) is 52.0 Å². The minimum Gasteiger partial charge on any atom is -0.271 e. The molecule has 1 fully saturated rings. The topological polar surface area (TPSA) is 50.9 Å². The standard InChI is InChI=1S/C15H25N3/c1-3-12-10-17-9-8-14(12)15(18-16)13-6-4-11(2)5-7-13/h8-11,13,15,18H,3-7,16H2,1-2H3. The summed E-state index contributed by atoms with van der Waals surface area (Å²) in [6.45, 7) is 4.53. The lowest BCUT2D eigenvalue weighted by Crippen LogP contribution is -2.35. The zero-order valence-corrected chi connectivity index (χ0v) is 11.5. The smallest absolute Gasteiger partial charge is 0.0491 e. The van der Waals surface area contributed by atoms with Gasteiger partial charge in [-0.2, -0.15) is 0 Å². The largest absolute Gasteiger partial charge is 0.271 e. The van der Waals surface area contributed by atoms with Gasteiger partial charge in [-0.05, 0) is 48.3 Å². The van der Waals surface area contributed by atoms with Crippen molar-refractivity contribution in [3.63, 3.8) is 0 Å². The van der Waals surface area contributed by atoms with Gasteiger partial charge in [0.05, 0.1) is 0 Å². The summed E-state index contributed by atoms with van der Waals surface area (Å²) in [6, 6.07) is 2.41. The van der Waals surface area contributed by atoms with Gasteiger partial charge < -0.3 is 0 Å². The van der Waals surface area contributed by atoms with Crippen LogP contribution in [0.25, 0.3) is 0 Å². The average molecular weight is 247 g/mol. The van der Waals surface area contributed by atoms with E-state index in [2.05, 4.69) is 30.3 Å². The second-order valence-electron chi connectivity index (χ2n) is 5.59. The normalized spacial score (nSPS) is 25.9. The predicted molar refractivity (Wildman–Crippen MR) is 74.8 cm³/mol. The molecule has 18 heavy (non-hydrogen) atoms. The van der Waals surface area contributed by atoms with E-state index in [-0.39, 0.29) is 6.04 Å². The monoisotopic (exact) mass is 247 g/mol. The van der Waals surface area contributed by atoms with Crippen LogP contribution in [0, 0.1) is 11.8 Å². The lowest BCUT2D eigenvalue weighted by atomic mass is 9.77. The van der Waals surface area contributed by atoms with Crippen LogP contribution >= 0.6 is 0 Å². The molecule has 1 saturated carbocycles. The molecule has 2 rings (SSSR count). The Morgan fingerprint density at radius 1 is 1.39 bits per heavy atom. The van der Waals surface area contributed by atoms with Crippen molar-refractivity contribution in [2.75, 3.05) is 0 Å². The lowest BCUT2D eigenvalue weighted by Gasteiger charge is -2.33. The predicted octanol–water partition coefficient (Wildman–Crippen LogP) is 2.97. The molecular weight excluding hydrogens is 222 g/mol. The van der Waals surface area contributed by atoms with Crippen molar-refractivity contribution < 1.29 is 0 Å². The third kappa shape index (κ3) is 2.90. The van der Waals surface area contributed by atoms with Crippen LogP contribution in [0.15, 0.2) is 18.5 Å². The number of aromatic nitrogens is 1. The van der Waals surface area contributed by atoms with E-state index in [1.54, 1.807) is 0 Å². The molecule has 0 spiro atoms. The number of nitrogens with zero attached hydrogens (tertiary/aromatic N) is 1. The van der Waals surface area contributed by atoms with E-state index >= 15 is 0 Å². The van der Waals surface area contributed by atoms with Crippen molar-refractivity contribution in [3.8, 4) is 0 Å². The summed E-state index contributed by atoms with van der Waals surface area (Å²) in [5.41, 5.74) is 5.71. The van der Waals surface area contributed by atoms with E-state index in [0.717, 1.165) is 12.3 Å². The number of pyridine rings is 1. The van der Waals surface area contributed by atoms with E-state index in [0.29, 0.717) is 5.92 Å². The molecule has 100 valence electrons. The first-order valence-electron chi connectivity index (χ1n) is 7.15. The Morgan fingerprint density at radius 2 is 2.11 bits per heavy atom. The Morgan fingerprint density at radius 3 is 2.72 bits per heavy atom. The fourth-order valence-corrected chi connectivity index (χ4v) is 3.14. The van der Waals surface area contributed by atoms with Gasteiger partial charge in [-0.3, -0.25) is 16.3 Å². The highest BCUT2D eigenvalue weighted by Crippen LogP contribution is 2.37. The highest BCUT2D eigenvalue weighted by Gasteiger charge is 2.27. The first kappa shape index (κ1) is 13.5. The molecule has 0 saturated heterocycles. The summed E-state index contributed by atoms with van der Waals surface area (Å²) < 4.78 is 0. The maximum absolute atomic E-state index is 5.82. The van der Waals surface area contributed by atoms with Crippen LogP contribution in [0.4, 0.5) is 0 Å². The summed E-state index contributed by atoms with van der Waals surface area (Å²) in [5, 5.41) is 0. The van der Waals surface area contributed by atoms with Gasteiger partial charge in [-0.25, -0.2) is 0 Å². The number of nitrogens with two attached hydrogens (primary N) is 1. The van der Waals surface area contributed by atoms with Gasteiger partial charge in [0, 0.05) is 18.4 Å². The fraction of sp³-hybridized carbons (Fsp3) is 0.667. The molecule has 1 unspecified atom stereocenters. The highest BCUT2D eigenvalue weighted by molar-refractivity contribution is 5.27. The summed E-state index contributed by atoms with van der Waals surface area (Å²) in [6.07, 6.45) is 10.1. The number of aryl methyl sites for hydroxylation is 1. The van der Waals surface area contributed by atoms with Gasteiger partial charge in [0.25, 0.3) is 0 Å². The first-order chi connectivity index (χ1) is 8.76. The van der Waals surface area contributed by atoms with Gasteiger partial charge >= 0.3 is 0 Å². The Labute approximate surface area is 110 Å². The fourth-order valence-electron chi connectivity index (χ4n) is 3.14. The number of nitrogens with one attached hydrogen (secondary N) is 1. The molecule has 0 radical (unpaired) electrons. The summed E-state index contributed by atoms with van der Waals surface area (Å²) in [4.78, 5) is 4.22. The summed E-state index contributed by atoms with van der Waals surface area (Å²) >= 11 is 0. The third-order valence-corrected chi connectivity index (χ3v) is 4.37. The van der Waals surface area contributed by atoms with Crippen LogP contribution in [-0.4, -0.2) is 4.98 Å². The minimum atomic E-state index is 0.287. The zero-order chi connectivity index (χ0) is 13.0. The van der Waals surface area contributed by atoms with E-state index in [4.69, 9.17) is 5.84 Å². The van der Waals surface area contributed by atoms with Crippen LogP contribution in [0.3, 0.4) is 0 Å². The highest BCUT2D eigenvalue weighted by atomic mass is 15.2. The van der Waals surface area contributed by atoms with Crippen LogP contribution in [0.2, 0.25) is 0 Å². The molecule has 3 N–H and O–H groups in total. The molecule has 0 aromatic carbocycles. The second kappa shape index (κ2) is 6.30. The van der Waals surface area contributed by atoms with E-state index < -0.39 is 0 Å². The number of hydrogen-bond acceptors (Lipinski definition) is 3. The third-order valence-electron chi connectivity index (χ3n) is 4.37. The lowest BCUT2D eigenvalue weighted by molar-refractivity contribution is 0.232. The van der Waals surface area contributed by atoms with Gasteiger partial charge in [-0.15, -0.1) is 0 Å². The SMILES string of the molecule is CCc1cnccc1C(NN)C1CCC(C)CC1. The van der Waals surface area contributed by atoms with Crippen molar-refractivity contribution in [1.82, 2.24) is 10.4 Å². The molecule has 1 aromatic rings. The van der Waals surface area contributed by atoms with Gasteiger partial charge in [-0.1, -0.05) is 26.7 Å². The average Bonchev–Trinajstić information content (AvgIpc) is 2.42. The van der Waals surface area contributed by atoms with Crippen molar-refractivity contribution in [1.29, 1.82) is 0 Å². The van der Waals surface area contributed by atoms with Crippen molar-refractivity contribution in [3.05, 3.63) is 29.6 Å². The van der Waals surface area contributed by atoms with E-state index in [1.165, 1.54) is 36.8 Å². The van der Waals surface area contributed by atoms with Crippen LogP contribution in [-0.2, 0) is 6.42 Å². The Balaban J connectivity index is 2.17. The molecule has 3 nitrogen and oxygen atoms in total. The number of hydrazine groups is 1. The first-order valence-corrected chi connectivity index (χ1v) is 7.15. The molecule has 1 atom stereocenters. The molecule has 0 bridgehead atoms. The quantitative estimate of drug-likeness (QED) is 0.635. The molecule has 1 aliphatic carbocycles. The molecule has 3 heteroatoms.